The summed E-state index contributed by atoms with van der Waals surface area (Å²) in [6, 6.07) is 0. The van der Waals surface area contributed by atoms with Crippen molar-refractivity contribution in [1.29, 1.82) is 0 Å². The van der Waals surface area contributed by atoms with E-state index in [0.717, 1.165) is 0 Å². The molecule has 1 atom stereocenters. The zero-order valence-corrected chi connectivity index (χ0v) is 7.26. The predicted molar refractivity (Wildman–Crippen MR) is 39.8 cm³/mol. The molecule has 0 aliphatic carbocycles. The van der Waals surface area contributed by atoms with E-state index in [1.165, 1.54) is 0 Å². The molecule has 0 bridgehead atoms. The second-order valence-electron chi connectivity index (χ2n) is 2.50. The van der Waals surface area contributed by atoms with Crippen molar-refractivity contribution in [1.82, 2.24) is 0 Å². The monoisotopic (exact) mass is 180 g/mol. The minimum atomic E-state index is -3.31. The van der Waals surface area contributed by atoms with Crippen molar-refractivity contribution >= 4 is 10.1 Å². The van der Waals surface area contributed by atoms with E-state index >= 15 is 0 Å². The highest BCUT2D eigenvalue weighted by atomic mass is 32.2. The standard InChI is InChI=1S/C6H12O4S/c1-2-3-10-11(7,8)5-6-4-9-6/h6H,2-5H2,1H3. The van der Waals surface area contributed by atoms with Crippen LogP contribution in [0.2, 0.25) is 0 Å². The molecule has 4 nitrogen and oxygen atoms in total. The first kappa shape index (κ1) is 8.96. The molecule has 1 heterocycles. The van der Waals surface area contributed by atoms with Gasteiger partial charge < -0.3 is 4.74 Å². The lowest BCUT2D eigenvalue weighted by Crippen LogP contribution is -2.15. The maximum Gasteiger partial charge on any atom is 0.269 e. The van der Waals surface area contributed by atoms with Gasteiger partial charge in [-0.15, -0.1) is 0 Å². The quantitative estimate of drug-likeness (QED) is 0.446. The predicted octanol–water partition coefficient (Wildman–Crippen LogP) is 0.142. The van der Waals surface area contributed by atoms with Gasteiger partial charge in [-0.2, -0.15) is 8.42 Å². The molecule has 0 radical (unpaired) electrons. The summed E-state index contributed by atoms with van der Waals surface area (Å²) in [5, 5.41) is 0. The molecule has 0 aromatic heterocycles. The minimum absolute atomic E-state index is 0.00694. The van der Waals surface area contributed by atoms with Crippen molar-refractivity contribution in [2.75, 3.05) is 19.0 Å². The Kier molecular flexibility index (Phi) is 2.86. The molecule has 0 saturated carbocycles. The van der Waals surface area contributed by atoms with Crippen molar-refractivity contribution < 1.29 is 17.3 Å². The lowest BCUT2D eigenvalue weighted by atomic mass is 10.5. The normalized spacial score (nSPS) is 23.5. The van der Waals surface area contributed by atoms with Crippen LogP contribution in [0.1, 0.15) is 13.3 Å². The number of hydrogen-bond donors (Lipinski definition) is 0. The van der Waals surface area contributed by atoms with Crippen molar-refractivity contribution in [2.24, 2.45) is 0 Å². The zero-order valence-electron chi connectivity index (χ0n) is 6.45. The van der Waals surface area contributed by atoms with Crippen LogP contribution in [0.25, 0.3) is 0 Å². The molecule has 1 rings (SSSR count). The van der Waals surface area contributed by atoms with Crippen LogP contribution in [-0.4, -0.2) is 33.5 Å². The van der Waals surface area contributed by atoms with Crippen LogP contribution in [-0.2, 0) is 19.0 Å². The molecule has 0 N–H and O–H groups in total. The van der Waals surface area contributed by atoms with Gasteiger partial charge in [0.05, 0.1) is 19.3 Å². The topological polar surface area (TPSA) is 55.9 Å². The summed E-state index contributed by atoms with van der Waals surface area (Å²) in [7, 11) is -3.31. The van der Waals surface area contributed by atoms with Crippen LogP contribution in [0, 0.1) is 0 Å². The van der Waals surface area contributed by atoms with Gasteiger partial charge in [-0.1, -0.05) is 6.92 Å². The van der Waals surface area contributed by atoms with Crippen LogP contribution in [0.15, 0.2) is 0 Å². The largest absolute Gasteiger partial charge is 0.372 e. The lowest BCUT2D eigenvalue weighted by Gasteiger charge is -2.00. The third kappa shape index (κ3) is 3.69. The van der Waals surface area contributed by atoms with Crippen molar-refractivity contribution in [3.63, 3.8) is 0 Å². The molecule has 0 aromatic rings. The molecule has 11 heavy (non-hydrogen) atoms. The minimum Gasteiger partial charge on any atom is -0.372 e. The first-order valence-corrected chi connectivity index (χ1v) is 5.20. The Labute approximate surface area is 66.6 Å². The van der Waals surface area contributed by atoms with E-state index in [9.17, 15) is 8.42 Å². The molecule has 5 heteroatoms. The van der Waals surface area contributed by atoms with Crippen LogP contribution in [0.4, 0.5) is 0 Å². The molecule has 0 aromatic carbocycles. The number of ether oxygens (including phenoxy) is 1. The molecule has 1 fully saturated rings. The molecular formula is C6H12O4S. The summed E-state index contributed by atoms with van der Waals surface area (Å²) in [5.41, 5.74) is 0. The van der Waals surface area contributed by atoms with Gasteiger partial charge in [0.1, 0.15) is 5.75 Å². The Balaban J connectivity index is 2.26. The Morgan fingerprint density at radius 1 is 1.64 bits per heavy atom. The van der Waals surface area contributed by atoms with Crippen LogP contribution in [0.5, 0.6) is 0 Å². The Morgan fingerprint density at radius 3 is 2.73 bits per heavy atom. The van der Waals surface area contributed by atoms with E-state index in [-0.39, 0.29) is 18.5 Å². The molecular weight excluding hydrogens is 168 g/mol. The Hall–Kier alpha value is -0.130. The summed E-state index contributed by atoms with van der Waals surface area (Å²) >= 11 is 0. The second kappa shape index (κ2) is 3.51. The number of rotatable bonds is 5. The summed E-state index contributed by atoms with van der Waals surface area (Å²) in [4.78, 5) is 0. The summed E-state index contributed by atoms with van der Waals surface area (Å²) in [6.45, 7) is 2.69. The van der Waals surface area contributed by atoms with Crippen LogP contribution < -0.4 is 0 Å². The molecule has 1 aliphatic heterocycles. The van der Waals surface area contributed by atoms with Crippen LogP contribution in [0.3, 0.4) is 0 Å². The van der Waals surface area contributed by atoms with Gasteiger partial charge in [0.25, 0.3) is 10.1 Å². The van der Waals surface area contributed by atoms with Crippen LogP contribution >= 0.6 is 0 Å². The highest BCUT2D eigenvalue weighted by molar-refractivity contribution is 7.86. The van der Waals surface area contributed by atoms with E-state index in [4.69, 9.17) is 4.74 Å². The maximum atomic E-state index is 10.9. The summed E-state index contributed by atoms with van der Waals surface area (Å²) in [5.74, 6) is 0.00694. The van der Waals surface area contributed by atoms with E-state index in [0.29, 0.717) is 13.0 Å². The molecule has 66 valence electrons. The first-order valence-electron chi connectivity index (χ1n) is 3.63. The highest BCUT2D eigenvalue weighted by Gasteiger charge is 2.29. The van der Waals surface area contributed by atoms with Crippen molar-refractivity contribution in [3.05, 3.63) is 0 Å². The fourth-order valence-electron chi connectivity index (χ4n) is 0.650. The van der Waals surface area contributed by atoms with E-state index < -0.39 is 10.1 Å². The number of epoxide rings is 1. The van der Waals surface area contributed by atoms with Crippen molar-refractivity contribution in [3.8, 4) is 0 Å². The fraction of sp³-hybridized carbons (Fsp3) is 1.00. The van der Waals surface area contributed by atoms with Gasteiger partial charge in [-0.25, -0.2) is 0 Å². The van der Waals surface area contributed by atoms with Gasteiger partial charge >= 0.3 is 0 Å². The maximum absolute atomic E-state index is 10.9. The van der Waals surface area contributed by atoms with Crippen molar-refractivity contribution in [2.45, 2.75) is 19.4 Å². The first-order chi connectivity index (χ1) is 5.14. The average molecular weight is 180 g/mol. The Bertz CT molecular complexity index is 205. The molecule has 1 aliphatic rings. The molecule has 0 amide bonds. The van der Waals surface area contributed by atoms with Gasteiger partial charge in [0.15, 0.2) is 0 Å². The lowest BCUT2D eigenvalue weighted by molar-refractivity contribution is 0.314. The third-order valence-corrected chi connectivity index (χ3v) is 2.57. The molecule has 1 saturated heterocycles. The molecule has 0 spiro atoms. The summed E-state index contributed by atoms with van der Waals surface area (Å²) < 4.78 is 31.3. The average Bonchev–Trinajstić information content (AvgIpc) is 2.67. The second-order valence-corrected chi connectivity index (χ2v) is 4.19. The van der Waals surface area contributed by atoms with Gasteiger partial charge in [0.2, 0.25) is 0 Å². The van der Waals surface area contributed by atoms with Gasteiger partial charge in [0, 0.05) is 0 Å². The van der Waals surface area contributed by atoms with E-state index in [1.54, 1.807) is 0 Å². The highest BCUT2D eigenvalue weighted by Crippen LogP contribution is 2.12. The van der Waals surface area contributed by atoms with Gasteiger partial charge in [-0.05, 0) is 6.42 Å². The van der Waals surface area contributed by atoms with Gasteiger partial charge in [-0.3, -0.25) is 4.18 Å². The smallest absolute Gasteiger partial charge is 0.269 e. The Morgan fingerprint density at radius 2 is 2.27 bits per heavy atom. The van der Waals surface area contributed by atoms with E-state index in [2.05, 4.69) is 4.18 Å². The fourth-order valence-corrected chi connectivity index (χ4v) is 1.81. The zero-order chi connectivity index (χ0) is 8.32. The van der Waals surface area contributed by atoms with E-state index in [1.807, 2.05) is 6.92 Å². The number of hydrogen-bond acceptors (Lipinski definition) is 4. The third-order valence-electron chi connectivity index (χ3n) is 1.26. The molecule has 1 unspecified atom stereocenters. The summed E-state index contributed by atoms with van der Waals surface area (Å²) in [6.07, 6.45) is 0.599. The SMILES string of the molecule is CCCOS(=O)(=O)CC1CO1.